The summed E-state index contributed by atoms with van der Waals surface area (Å²) < 4.78 is 40.5. The quantitative estimate of drug-likeness (QED) is 0.729. The smallest absolute Gasteiger partial charge is 0.449 e. The Hall–Kier alpha value is -1.23. The van der Waals surface area contributed by atoms with Crippen LogP contribution in [-0.4, -0.2) is 0 Å². The van der Waals surface area contributed by atoms with Gasteiger partial charge in [0.2, 0.25) is 5.76 Å². The first-order valence-electron chi connectivity index (χ1n) is 3.50. The first-order valence-corrected chi connectivity index (χ1v) is 3.50. The molecule has 1 aromatic rings. The number of rotatable bonds is 2. The molecule has 0 aromatic carbocycles. The molecule has 0 fully saturated rings. The van der Waals surface area contributed by atoms with Crippen LogP contribution in [0.25, 0.3) is 0 Å². The Kier molecular flexibility index (Phi) is 2.47. The highest BCUT2D eigenvalue weighted by molar-refractivity contribution is 5.15. The Morgan fingerprint density at radius 1 is 1.46 bits per heavy atom. The van der Waals surface area contributed by atoms with Crippen LogP contribution in [0.3, 0.4) is 0 Å². The Morgan fingerprint density at radius 3 is 2.46 bits per heavy atom. The van der Waals surface area contributed by atoms with Crippen LogP contribution in [0.1, 0.15) is 17.6 Å². The minimum atomic E-state index is -4.46. The van der Waals surface area contributed by atoms with E-state index in [-0.39, 0.29) is 5.76 Å². The van der Waals surface area contributed by atoms with Gasteiger partial charge in [-0.1, -0.05) is 6.08 Å². The first kappa shape index (κ1) is 9.85. The molecule has 0 saturated carbocycles. The van der Waals surface area contributed by atoms with Crippen molar-refractivity contribution in [2.24, 2.45) is 5.73 Å². The minimum Gasteiger partial charge on any atom is -0.455 e. The Balaban J connectivity index is 2.93. The largest absolute Gasteiger partial charge is 0.455 e. The maximum absolute atomic E-state index is 12.0. The van der Waals surface area contributed by atoms with E-state index >= 15 is 0 Å². The predicted octanol–water partition coefficient (Wildman–Crippen LogP) is 2.48. The normalized spacial score (nSPS) is 14.2. The van der Waals surface area contributed by atoms with Crippen molar-refractivity contribution in [2.45, 2.75) is 12.2 Å². The van der Waals surface area contributed by atoms with Crippen LogP contribution >= 0.6 is 0 Å². The minimum absolute atomic E-state index is 0.0577. The van der Waals surface area contributed by atoms with Crippen LogP contribution in [0.4, 0.5) is 13.2 Å². The molecule has 1 unspecified atom stereocenters. The fourth-order valence-corrected chi connectivity index (χ4v) is 0.800. The molecule has 5 heteroatoms. The summed E-state index contributed by atoms with van der Waals surface area (Å²) in [5, 5.41) is 0. The third-order valence-electron chi connectivity index (χ3n) is 1.49. The van der Waals surface area contributed by atoms with Crippen molar-refractivity contribution in [3.05, 3.63) is 36.3 Å². The average molecular weight is 191 g/mol. The van der Waals surface area contributed by atoms with Gasteiger partial charge in [-0.15, -0.1) is 6.58 Å². The monoisotopic (exact) mass is 191 g/mol. The third kappa shape index (κ3) is 2.12. The van der Waals surface area contributed by atoms with Gasteiger partial charge in [-0.3, -0.25) is 0 Å². The molecule has 0 spiro atoms. The molecule has 1 heterocycles. The molecule has 0 aliphatic heterocycles. The Labute approximate surface area is 72.8 Å². The number of hydrogen-bond donors (Lipinski definition) is 1. The number of alkyl halides is 3. The van der Waals surface area contributed by atoms with E-state index < -0.39 is 18.0 Å². The number of nitrogens with two attached hydrogens (primary N) is 1. The van der Waals surface area contributed by atoms with Gasteiger partial charge in [0.1, 0.15) is 5.76 Å². The summed E-state index contributed by atoms with van der Waals surface area (Å²) in [4.78, 5) is 0. The molecule has 0 aliphatic rings. The Morgan fingerprint density at radius 2 is 2.08 bits per heavy atom. The molecule has 13 heavy (non-hydrogen) atoms. The van der Waals surface area contributed by atoms with Crippen LogP contribution in [0.5, 0.6) is 0 Å². The van der Waals surface area contributed by atoms with Crippen LogP contribution in [0, 0.1) is 0 Å². The van der Waals surface area contributed by atoms with E-state index in [0.717, 1.165) is 6.07 Å². The van der Waals surface area contributed by atoms with Crippen molar-refractivity contribution in [2.75, 3.05) is 0 Å². The Bertz CT molecular complexity index is 303. The third-order valence-corrected chi connectivity index (χ3v) is 1.49. The van der Waals surface area contributed by atoms with Gasteiger partial charge < -0.3 is 10.2 Å². The van der Waals surface area contributed by atoms with Gasteiger partial charge in [0.25, 0.3) is 0 Å². The molecular formula is C8H8F3NO. The van der Waals surface area contributed by atoms with Gasteiger partial charge in [0.15, 0.2) is 0 Å². The van der Waals surface area contributed by atoms with Gasteiger partial charge in [-0.25, -0.2) is 0 Å². The lowest BCUT2D eigenvalue weighted by Crippen LogP contribution is -2.06. The summed E-state index contributed by atoms with van der Waals surface area (Å²) in [5.74, 6) is -0.984. The maximum atomic E-state index is 12.0. The highest BCUT2D eigenvalue weighted by Gasteiger charge is 2.35. The predicted molar refractivity (Wildman–Crippen MR) is 40.8 cm³/mol. The van der Waals surface area contributed by atoms with Crippen LogP contribution in [0.15, 0.2) is 29.2 Å². The summed E-state index contributed by atoms with van der Waals surface area (Å²) in [5.41, 5.74) is 5.37. The van der Waals surface area contributed by atoms with Crippen molar-refractivity contribution < 1.29 is 17.6 Å². The second-order valence-corrected chi connectivity index (χ2v) is 2.46. The van der Waals surface area contributed by atoms with E-state index in [1.165, 1.54) is 12.1 Å². The van der Waals surface area contributed by atoms with Gasteiger partial charge in [-0.2, -0.15) is 13.2 Å². The molecule has 1 rings (SSSR count). The second kappa shape index (κ2) is 3.26. The summed E-state index contributed by atoms with van der Waals surface area (Å²) in [6, 6.07) is 1.34. The molecule has 0 aliphatic carbocycles. The highest BCUT2D eigenvalue weighted by Crippen LogP contribution is 2.31. The second-order valence-electron chi connectivity index (χ2n) is 2.46. The molecular weight excluding hydrogens is 183 g/mol. The number of hydrogen-bond acceptors (Lipinski definition) is 2. The molecule has 2 N–H and O–H groups in total. The van der Waals surface area contributed by atoms with E-state index in [0.29, 0.717) is 0 Å². The van der Waals surface area contributed by atoms with E-state index in [1.54, 1.807) is 0 Å². The van der Waals surface area contributed by atoms with E-state index in [2.05, 4.69) is 11.0 Å². The van der Waals surface area contributed by atoms with Crippen LogP contribution < -0.4 is 5.73 Å². The van der Waals surface area contributed by atoms with E-state index in [9.17, 15) is 13.2 Å². The standard InChI is InChI=1S/C8H8F3NO/c1-2-5(12)6-3-4-7(13-6)8(9,10)11/h2-5H,1,12H2. The topological polar surface area (TPSA) is 39.2 Å². The van der Waals surface area contributed by atoms with Gasteiger partial charge in [0.05, 0.1) is 6.04 Å². The molecule has 1 aromatic heterocycles. The van der Waals surface area contributed by atoms with Gasteiger partial charge in [0, 0.05) is 0 Å². The SMILES string of the molecule is C=CC(N)c1ccc(C(F)(F)F)o1. The molecule has 72 valence electrons. The van der Waals surface area contributed by atoms with Gasteiger partial charge >= 0.3 is 6.18 Å². The lowest BCUT2D eigenvalue weighted by Gasteiger charge is -2.03. The van der Waals surface area contributed by atoms with Crippen LogP contribution in [-0.2, 0) is 6.18 Å². The lowest BCUT2D eigenvalue weighted by molar-refractivity contribution is -0.153. The molecule has 1 atom stereocenters. The highest BCUT2D eigenvalue weighted by atomic mass is 19.4. The van der Waals surface area contributed by atoms with Gasteiger partial charge in [-0.05, 0) is 12.1 Å². The van der Waals surface area contributed by atoms with Crippen molar-refractivity contribution >= 4 is 0 Å². The molecule has 2 nitrogen and oxygen atoms in total. The molecule has 0 amide bonds. The maximum Gasteiger partial charge on any atom is 0.449 e. The number of furan rings is 1. The lowest BCUT2D eigenvalue weighted by atomic mass is 10.2. The van der Waals surface area contributed by atoms with Crippen LogP contribution in [0.2, 0.25) is 0 Å². The first-order chi connectivity index (χ1) is 5.95. The van der Waals surface area contributed by atoms with Crippen molar-refractivity contribution in [1.29, 1.82) is 0 Å². The number of halogens is 3. The average Bonchev–Trinajstić information content (AvgIpc) is 2.50. The summed E-state index contributed by atoms with van der Waals surface area (Å²) in [6.07, 6.45) is -3.15. The van der Waals surface area contributed by atoms with Crippen molar-refractivity contribution in [3.8, 4) is 0 Å². The fraction of sp³-hybridized carbons (Fsp3) is 0.250. The zero-order valence-electron chi connectivity index (χ0n) is 6.64. The zero-order chi connectivity index (χ0) is 10.1. The molecule has 0 bridgehead atoms. The van der Waals surface area contributed by atoms with E-state index in [4.69, 9.17) is 5.73 Å². The molecule has 0 radical (unpaired) electrons. The van der Waals surface area contributed by atoms with Crippen molar-refractivity contribution in [3.63, 3.8) is 0 Å². The summed E-state index contributed by atoms with van der Waals surface area (Å²) in [7, 11) is 0. The molecule has 0 saturated heterocycles. The van der Waals surface area contributed by atoms with Crippen molar-refractivity contribution in [1.82, 2.24) is 0 Å². The summed E-state index contributed by atoms with van der Waals surface area (Å²) >= 11 is 0. The fourth-order valence-electron chi connectivity index (χ4n) is 0.800. The zero-order valence-corrected chi connectivity index (χ0v) is 6.64. The van der Waals surface area contributed by atoms with E-state index in [1.807, 2.05) is 0 Å². The summed E-state index contributed by atoms with van der Waals surface area (Å²) in [6.45, 7) is 3.34.